The predicted octanol–water partition coefficient (Wildman–Crippen LogP) is 5.14. The maximum absolute atomic E-state index is 10.8. The number of hydrogen-bond acceptors (Lipinski definition) is 5. The number of aliphatic hydroxyl groups is 2. The van der Waals surface area contributed by atoms with Gasteiger partial charge in [0.25, 0.3) is 5.69 Å². The lowest BCUT2D eigenvalue weighted by atomic mass is 9.88. The Morgan fingerprint density at radius 3 is 2.48 bits per heavy atom. The molecule has 0 saturated carbocycles. The Morgan fingerprint density at radius 1 is 1.24 bits per heavy atom. The van der Waals surface area contributed by atoms with Gasteiger partial charge in [-0.05, 0) is 55.7 Å². The first-order valence-electron chi connectivity index (χ1n) is 9.11. The second-order valence-corrected chi connectivity index (χ2v) is 7.82. The molecule has 154 valence electrons. The summed E-state index contributed by atoms with van der Waals surface area (Å²) >= 11 is 3.37. The smallest absolute Gasteiger partial charge is 0.269 e. The second-order valence-electron chi connectivity index (χ2n) is 6.91. The first kappa shape index (κ1) is 22.8. The minimum atomic E-state index is -1.03. The van der Waals surface area contributed by atoms with Gasteiger partial charge in [0.05, 0.1) is 17.1 Å². The summed E-state index contributed by atoms with van der Waals surface area (Å²) in [7, 11) is 0. The van der Waals surface area contributed by atoms with Crippen molar-refractivity contribution in [2.24, 2.45) is 5.92 Å². The van der Waals surface area contributed by atoms with Crippen molar-refractivity contribution in [3.63, 3.8) is 0 Å². The Kier molecular flexibility index (Phi) is 8.13. The number of aromatic hydroxyl groups is 1. The van der Waals surface area contributed by atoms with E-state index in [0.717, 1.165) is 10.0 Å². The first-order valence-corrected chi connectivity index (χ1v) is 9.91. The first-order chi connectivity index (χ1) is 13.7. The van der Waals surface area contributed by atoms with E-state index in [1.807, 2.05) is 13.0 Å². The van der Waals surface area contributed by atoms with Crippen LogP contribution in [0.4, 0.5) is 5.69 Å². The SMILES string of the molecule is C=C[C@H]([C@H](O)CC/C(C)=C/c1cc(Br)ccc1O)[C@H](O)c1ccc([N+](=O)[O-])cc1. The number of nitro benzene ring substituents is 1. The van der Waals surface area contributed by atoms with Gasteiger partial charge in [0.2, 0.25) is 0 Å². The molecule has 29 heavy (non-hydrogen) atoms. The molecule has 6 nitrogen and oxygen atoms in total. The summed E-state index contributed by atoms with van der Waals surface area (Å²) in [6, 6.07) is 10.8. The molecular weight excluding hydrogens is 438 g/mol. The maximum Gasteiger partial charge on any atom is 0.269 e. The third-order valence-electron chi connectivity index (χ3n) is 4.75. The zero-order chi connectivity index (χ0) is 21.6. The second kappa shape index (κ2) is 10.3. The largest absolute Gasteiger partial charge is 0.507 e. The number of rotatable bonds is 9. The molecule has 3 N–H and O–H groups in total. The van der Waals surface area contributed by atoms with Gasteiger partial charge < -0.3 is 15.3 Å². The Balaban J connectivity index is 2.04. The van der Waals surface area contributed by atoms with Crippen LogP contribution in [-0.2, 0) is 0 Å². The molecule has 0 aliphatic carbocycles. The normalized spacial score (nSPS) is 14.8. The van der Waals surface area contributed by atoms with E-state index in [0.29, 0.717) is 24.0 Å². The van der Waals surface area contributed by atoms with E-state index in [2.05, 4.69) is 22.5 Å². The lowest BCUT2D eigenvalue weighted by molar-refractivity contribution is -0.384. The van der Waals surface area contributed by atoms with Crippen LogP contribution in [0.2, 0.25) is 0 Å². The van der Waals surface area contributed by atoms with Crippen LogP contribution in [0.5, 0.6) is 5.75 Å². The summed E-state index contributed by atoms with van der Waals surface area (Å²) in [5.41, 5.74) is 2.06. The van der Waals surface area contributed by atoms with Crippen molar-refractivity contribution in [3.8, 4) is 5.75 Å². The summed E-state index contributed by atoms with van der Waals surface area (Å²) in [6.07, 6.45) is 2.42. The van der Waals surface area contributed by atoms with Gasteiger partial charge in [-0.15, -0.1) is 6.58 Å². The van der Waals surface area contributed by atoms with Gasteiger partial charge in [0.1, 0.15) is 5.75 Å². The van der Waals surface area contributed by atoms with E-state index in [9.17, 15) is 25.4 Å². The molecule has 0 bridgehead atoms. The number of nitro groups is 1. The molecule has 0 aliphatic heterocycles. The molecule has 0 fully saturated rings. The zero-order valence-electron chi connectivity index (χ0n) is 16.0. The summed E-state index contributed by atoms with van der Waals surface area (Å²) in [5.74, 6) is -0.450. The highest BCUT2D eigenvalue weighted by atomic mass is 79.9. The Bertz CT molecular complexity index is 895. The van der Waals surface area contributed by atoms with Gasteiger partial charge in [0.15, 0.2) is 0 Å². The van der Waals surface area contributed by atoms with Crippen molar-refractivity contribution in [3.05, 3.63) is 86.4 Å². The van der Waals surface area contributed by atoms with Gasteiger partial charge >= 0.3 is 0 Å². The van der Waals surface area contributed by atoms with Crippen LogP contribution in [0.25, 0.3) is 6.08 Å². The van der Waals surface area contributed by atoms with Crippen LogP contribution in [0.1, 0.15) is 37.0 Å². The molecule has 2 aromatic carbocycles. The summed E-state index contributed by atoms with van der Waals surface area (Å²) in [4.78, 5) is 10.3. The van der Waals surface area contributed by atoms with E-state index in [1.165, 1.54) is 30.3 Å². The molecular formula is C22H24BrNO5. The highest BCUT2D eigenvalue weighted by Crippen LogP contribution is 2.30. The average Bonchev–Trinajstić information content (AvgIpc) is 2.69. The summed E-state index contributed by atoms with van der Waals surface area (Å²) in [6.45, 7) is 5.61. The van der Waals surface area contributed by atoms with Crippen molar-refractivity contribution in [1.82, 2.24) is 0 Å². The Morgan fingerprint density at radius 2 is 1.90 bits per heavy atom. The van der Waals surface area contributed by atoms with E-state index in [-0.39, 0.29) is 11.4 Å². The number of hydrogen-bond donors (Lipinski definition) is 3. The van der Waals surface area contributed by atoms with E-state index < -0.39 is 23.0 Å². The molecule has 3 atom stereocenters. The molecule has 2 aromatic rings. The third-order valence-corrected chi connectivity index (χ3v) is 5.25. The van der Waals surface area contributed by atoms with Gasteiger partial charge in [-0.3, -0.25) is 10.1 Å². The van der Waals surface area contributed by atoms with Crippen molar-refractivity contribution in [2.45, 2.75) is 32.0 Å². The van der Waals surface area contributed by atoms with Crippen LogP contribution < -0.4 is 0 Å². The minimum absolute atomic E-state index is 0.0618. The van der Waals surface area contributed by atoms with Crippen LogP contribution >= 0.6 is 15.9 Å². The van der Waals surface area contributed by atoms with Crippen LogP contribution in [0.15, 0.2) is 65.2 Å². The fraction of sp³-hybridized carbons (Fsp3) is 0.273. The van der Waals surface area contributed by atoms with Gasteiger partial charge in [-0.1, -0.05) is 33.7 Å². The molecule has 0 aromatic heterocycles. The summed E-state index contributed by atoms with van der Waals surface area (Å²) < 4.78 is 0.854. The van der Waals surface area contributed by atoms with E-state index in [1.54, 1.807) is 18.2 Å². The molecule has 0 aliphatic rings. The molecule has 2 rings (SSSR count). The lowest BCUT2D eigenvalue weighted by Crippen LogP contribution is -2.25. The van der Waals surface area contributed by atoms with Crippen LogP contribution in [0, 0.1) is 16.0 Å². The number of phenols is 1. The van der Waals surface area contributed by atoms with Crippen LogP contribution in [-0.4, -0.2) is 26.3 Å². The quantitative estimate of drug-likeness (QED) is 0.272. The average molecular weight is 462 g/mol. The number of non-ortho nitro benzene ring substituents is 1. The number of nitrogens with zero attached hydrogens (tertiary/aromatic N) is 1. The predicted molar refractivity (Wildman–Crippen MR) is 116 cm³/mol. The highest BCUT2D eigenvalue weighted by Gasteiger charge is 2.25. The van der Waals surface area contributed by atoms with Gasteiger partial charge in [0, 0.05) is 28.1 Å². The van der Waals surface area contributed by atoms with Crippen molar-refractivity contribution in [2.75, 3.05) is 0 Å². The number of allylic oxidation sites excluding steroid dienone is 1. The molecule has 0 heterocycles. The molecule has 0 amide bonds. The van der Waals surface area contributed by atoms with Crippen LogP contribution in [0.3, 0.4) is 0 Å². The molecule has 0 spiro atoms. The Labute approximate surface area is 178 Å². The van der Waals surface area contributed by atoms with Gasteiger partial charge in [-0.25, -0.2) is 0 Å². The highest BCUT2D eigenvalue weighted by molar-refractivity contribution is 9.10. The number of benzene rings is 2. The lowest BCUT2D eigenvalue weighted by Gasteiger charge is -2.25. The zero-order valence-corrected chi connectivity index (χ0v) is 17.6. The Hall–Kier alpha value is -2.48. The standard InChI is InChI=1S/C22H24BrNO5/c1-3-19(22(27)15-5-8-18(9-6-15)24(28)29)21(26)10-4-14(2)12-16-13-17(23)7-11-20(16)25/h3,5-9,11-13,19,21-22,25-27H,1,4,10H2,2H3/b14-12+/t19-,21-,22-/m1/s1. The fourth-order valence-electron chi connectivity index (χ4n) is 3.06. The molecule has 0 saturated heterocycles. The van der Waals surface area contributed by atoms with E-state index in [4.69, 9.17) is 0 Å². The number of aliphatic hydroxyl groups excluding tert-OH is 2. The van der Waals surface area contributed by atoms with Gasteiger partial charge in [-0.2, -0.15) is 0 Å². The number of halogens is 1. The minimum Gasteiger partial charge on any atom is -0.507 e. The molecule has 0 unspecified atom stereocenters. The third kappa shape index (κ3) is 6.25. The molecule has 0 radical (unpaired) electrons. The monoisotopic (exact) mass is 461 g/mol. The fourth-order valence-corrected chi connectivity index (χ4v) is 3.44. The van der Waals surface area contributed by atoms with Crippen molar-refractivity contribution >= 4 is 27.7 Å². The number of phenolic OH excluding ortho intramolecular Hbond substituents is 1. The summed E-state index contributed by atoms with van der Waals surface area (Å²) in [5, 5.41) is 41.9. The molecule has 7 heteroatoms. The van der Waals surface area contributed by atoms with Crippen molar-refractivity contribution in [1.29, 1.82) is 0 Å². The van der Waals surface area contributed by atoms with E-state index >= 15 is 0 Å². The topological polar surface area (TPSA) is 104 Å². The maximum atomic E-state index is 10.8. The van der Waals surface area contributed by atoms with Crippen molar-refractivity contribution < 1.29 is 20.2 Å².